The fourth-order valence-electron chi connectivity index (χ4n) is 2.22. The van der Waals surface area contributed by atoms with Crippen LogP contribution in [0.25, 0.3) is 11.0 Å². The van der Waals surface area contributed by atoms with Crippen LogP contribution in [0.15, 0.2) is 28.7 Å². The summed E-state index contributed by atoms with van der Waals surface area (Å²) >= 11 is 0. The van der Waals surface area contributed by atoms with Crippen LogP contribution in [-0.2, 0) is 0 Å². The summed E-state index contributed by atoms with van der Waals surface area (Å²) in [6.07, 6.45) is 1.01. The van der Waals surface area contributed by atoms with E-state index >= 15 is 0 Å². The van der Waals surface area contributed by atoms with Crippen molar-refractivity contribution in [3.8, 4) is 0 Å². The Labute approximate surface area is 107 Å². The predicted octanol–water partition coefficient (Wildman–Crippen LogP) is 4.27. The number of hydrogen-bond donors (Lipinski definition) is 1. The summed E-state index contributed by atoms with van der Waals surface area (Å²) in [5, 5.41) is 4.25. The molecule has 2 nitrogen and oxygen atoms in total. The zero-order valence-corrected chi connectivity index (χ0v) is 11.2. The summed E-state index contributed by atoms with van der Waals surface area (Å²) < 4.78 is 19.0. The molecule has 0 aliphatic carbocycles. The molecule has 0 spiro atoms. The minimum Gasteiger partial charge on any atom is -0.459 e. The minimum absolute atomic E-state index is 0.200. The molecule has 0 bridgehead atoms. The van der Waals surface area contributed by atoms with Crippen LogP contribution in [0.3, 0.4) is 0 Å². The van der Waals surface area contributed by atoms with E-state index in [-0.39, 0.29) is 11.9 Å². The molecule has 0 aliphatic rings. The summed E-state index contributed by atoms with van der Waals surface area (Å²) in [6.45, 7) is 7.35. The lowest BCUT2D eigenvalue weighted by Gasteiger charge is -2.17. The number of halogens is 1. The molecule has 3 heteroatoms. The zero-order valence-electron chi connectivity index (χ0n) is 11.2. The van der Waals surface area contributed by atoms with Gasteiger partial charge in [-0.2, -0.15) is 0 Å². The molecule has 0 radical (unpaired) electrons. The van der Waals surface area contributed by atoms with Crippen LogP contribution in [0.1, 0.15) is 39.0 Å². The molecule has 0 fully saturated rings. The van der Waals surface area contributed by atoms with Crippen LogP contribution in [0, 0.1) is 11.7 Å². The van der Waals surface area contributed by atoms with Crippen LogP contribution in [0.5, 0.6) is 0 Å². The number of rotatable bonds is 5. The highest BCUT2D eigenvalue weighted by atomic mass is 19.1. The van der Waals surface area contributed by atoms with Crippen molar-refractivity contribution in [3.05, 3.63) is 35.8 Å². The molecule has 1 aromatic heterocycles. The third-order valence-electron chi connectivity index (χ3n) is 3.00. The van der Waals surface area contributed by atoms with Crippen molar-refractivity contribution in [2.75, 3.05) is 6.54 Å². The zero-order chi connectivity index (χ0) is 13.1. The second-order valence-corrected chi connectivity index (χ2v) is 5.07. The summed E-state index contributed by atoms with van der Waals surface area (Å²) in [7, 11) is 0. The molecular weight excluding hydrogens is 229 g/mol. The molecule has 2 aromatic rings. The van der Waals surface area contributed by atoms with Crippen molar-refractivity contribution in [1.29, 1.82) is 0 Å². The van der Waals surface area contributed by atoms with Crippen LogP contribution in [-0.4, -0.2) is 6.54 Å². The number of benzene rings is 1. The highest BCUT2D eigenvalue weighted by Gasteiger charge is 2.16. The van der Waals surface area contributed by atoms with Gasteiger partial charge in [0.1, 0.15) is 17.2 Å². The standard InChI is InChI=1S/C15H20FNO/c1-4-17-13(7-10(2)3)15-9-11-8-12(16)5-6-14(11)18-15/h5-6,8-10,13,17H,4,7H2,1-3H3. The first-order valence-corrected chi connectivity index (χ1v) is 6.52. The van der Waals surface area contributed by atoms with E-state index in [4.69, 9.17) is 4.42 Å². The molecule has 1 unspecified atom stereocenters. The molecular formula is C15H20FNO. The lowest BCUT2D eigenvalue weighted by molar-refractivity contribution is 0.376. The van der Waals surface area contributed by atoms with Gasteiger partial charge in [0.2, 0.25) is 0 Å². The first-order chi connectivity index (χ1) is 8.60. The second-order valence-electron chi connectivity index (χ2n) is 5.07. The van der Waals surface area contributed by atoms with Gasteiger partial charge in [-0.05, 0) is 43.1 Å². The maximum atomic E-state index is 13.1. The Balaban J connectivity index is 2.31. The molecule has 1 heterocycles. The van der Waals surface area contributed by atoms with Crippen LogP contribution < -0.4 is 5.32 Å². The van der Waals surface area contributed by atoms with Crippen LogP contribution >= 0.6 is 0 Å². The van der Waals surface area contributed by atoms with Gasteiger partial charge in [0.15, 0.2) is 0 Å². The second kappa shape index (κ2) is 5.53. The molecule has 1 atom stereocenters. The fraction of sp³-hybridized carbons (Fsp3) is 0.467. The summed E-state index contributed by atoms with van der Waals surface area (Å²) in [5.74, 6) is 1.25. The van der Waals surface area contributed by atoms with Gasteiger partial charge in [-0.25, -0.2) is 4.39 Å². The van der Waals surface area contributed by atoms with Crippen molar-refractivity contribution in [2.24, 2.45) is 5.92 Å². The summed E-state index contributed by atoms with van der Waals surface area (Å²) in [4.78, 5) is 0. The number of furan rings is 1. The lowest BCUT2D eigenvalue weighted by Crippen LogP contribution is -2.21. The monoisotopic (exact) mass is 249 g/mol. The van der Waals surface area contributed by atoms with E-state index in [2.05, 4.69) is 26.1 Å². The molecule has 0 amide bonds. The van der Waals surface area contributed by atoms with E-state index in [0.29, 0.717) is 5.92 Å². The molecule has 1 N–H and O–H groups in total. The van der Waals surface area contributed by atoms with E-state index in [1.807, 2.05) is 6.07 Å². The molecule has 1 aromatic carbocycles. The topological polar surface area (TPSA) is 25.2 Å². The largest absolute Gasteiger partial charge is 0.459 e. The Morgan fingerprint density at radius 1 is 1.28 bits per heavy atom. The van der Waals surface area contributed by atoms with Gasteiger partial charge in [-0.1, -0.05) is 20.8 Å². The summed E-state index contributed by atoms with van der Waals surface area (Å²) in [6, 6.07) is 6.77. The Morgan fingerprint density at radius 2 is 2.06 bits per heavy atom. The van der Waals surface area contributed by atoms with Gasteiger partial charge in [-0.15, -0.1) is 0 Å². The van der Waals surface area contributed by atoms with Crippen molar-refractivity contribution in [2.45, 2.75) is 33.2 Å². The van der Waals surface area contributed by atoms with Crippen molar-refractivity contribution in [1.82, 2.24) is 5.32 Å². The third kappa shape index (κ3) is 2.91. The molecule has 0 saturated heterocycles. The van der Waals surface area contributed by atoms with E-state index in [0.717, 1.165) is 29.7 Å². The predicted molar refractivity (Wildman–Crippen MR) is 72.0 cm³/mol. The fourth-order valence-corrected chi connectivity index (χ4v) is 2.22. The molecule has 18 heavy (non-hydrogen) atoms. The average Bonchev–Trinajstić information content (AvgIpc) is 2.70. The van der Waals surface area contributed by atoms with Crippen LogP contribution in [0.4, 0.5) is 4.39 Å². The Hall–Kier alpha value is -1.35. The Morgan fingerprint density at radius 3 is 2.72 bits per heavy atom. The number of hydrogen-bond acceptors (Lipinski definition) is 2. The number of fused-ring (bicyclic) bond motifs is 1. The molecule has 2 rings (SSSR count). The quantitative estimate of drug-likeness (QED) is 0.856. The highest BCUT2D eigenvalue weighted by molar-refractivity contribution is 5.78. The number of nitrogens with one attached hydrogen (secondary N) is 1. The van der Waals surface area contributed by atoms with Gasteiger partial charge in [0.25, 0.3) is 0 Å². The van der Waals surface area contributed by atoms with Gasteiger partial charge < -0.3 is 9.73 Å². The van der Waals surface area contributed by atoms with E-state index in [1.54, 1.807) is 6.07 Å². The maximum absolute atomic E-state index is 13.1. The summed E-state index contributed by atoms with van der Waals surface area (Å²) in [5.41, 5.74) is 0.748. The molecule has 98 valence electrons. The van der Waals surface area contributed by atoms with Gasteiger partial charge in [0.05, 0.1) is 6.04 Å². The van der Waals surface area contributed by atoms with E-state index in [9.17, 15) is 4.39 Å². The van der Waals surface area contributed by atoms with Gasteiger partial charge in [0, 0.05) is 5.39 Å². The van der Waals surface area contributed by atoms with Gasteiger partial charge in [-0.3, -0.25) is 0 Å². The van der Waals surface area contributed by atoms with Gasteiger partial charge >= 0.3 is 0 Å². The smallest absolute Gasteiger partial charge is 0.134 e. The molecule has 0 saturated carbocycles. The average molecular weight is 249 g/mol. The molecule has 0 aliphatic heterocycles. The van der Waals surface area contributed by atoms with Crippen molar-refractivity contribution < 1.29 is 8.81 Å². The Kier molecular flexibility index (Phi) is 4.02. The minimum atomic E-state index is -0.223. The normalized spacial score (nSPS) is 13.4. The maximum Gasteiger partial charge on any atom is 0.134 e. The third-order valence-corrected chi connectivity index (χ3v) is 3.00. The van der Waals surface area contributed by atoms with E-state index < -0.39 is 0 Å². The lowest BCUT2D eigenvalue weighted by atomic mass is 10.0. The van der Waals surface area contributed by atoms with E-state index in [1.165, 1.54) is 12.1 Å². The van der Waals surface area contributed by atoms with Crippen LogP contribution in [0.2, 0.25) is 0 Å². The first-order valence-electron chi connectivity index (χ1n) is 6.52. The highest BCUT2D eigenvalue weighted by Crippen LogP contribution is 2.28. The Bertz CT molecular complexity index is 518. The SMILES string of the molecule is CCNC(CC(C)C)c1cc2cc(F)ccc2o1. The first kappa shape index (κ1) is 13.1. The van der Waals surface area contributed by atoms with Crippen molar-refractivity contribution >= 4 is 11.0 Å². The van der Waals surface area contributed by atoms with Crippen molar-refractivity contribution in [3.63, 3.8) is 0 Å².